The van der Waals surface area contributed by atoms with E-state index < -0.39 is 5.97 Å². The molecular weight excluding hydrogens is 230 g/mol. The molecule has 0 aromatic rings. The molecule has 0 saturated carbocycles. The lowest BCUT2D eigenvalue weighted by Crippen LogP contribution is -2.46. The summed E-state index contributed by atoms with van der Waals surface area (Å²) < 4.78 is 0. The van der Waals surface area contributed by atoms with Crippen molar-refractivity contribution in [2.24, 2.45) is 17.3 Å². The summed E-state index contributed by atoms with van der Waals surface area (Å²) in [7, 11) is 0. The first-order valence-corrected chi connectivity index (χ1v) is 6.73. The van der Waals surface area contributed by atoms with Crippen LogP contribution in [0.2, 0.25) is 0 Å². The zero-order valence-corrected chi connectivity index (χ0v) is 11.9. The molecule has 1 aliphatic heterocycles. The van der Waals surface area contributed by atoms with Gasteiger partial charge in [-0.15, -0.1) is 0 Å². The fourth-order valence-electron chi connectivity index (χ4n) is 2.58. The predicted octanol–water partition coefficient (Wildman–Crippen LogP) is 2.38. The van der Waals surface area contributed by atoms with Crippen LogP contribution in [0.1, 0.15) is 47.0 Å². The smallest absolute Gasteiger partial charge is 0.303 e. The molecular formula is C14H25NO3. The first kappa shape index (κ1) is 15.0. The van der Waals surface area contributed by atoms with E-state index in [-0.39, 0.29) is 23.7 Å². The summed E-state index contributed by atoms with van der Waals surface area (Å²) in [5.41, 5.74) is -0.349. The van der Waals surface area contributed by atoms with Crippen LogP contribution in [0, 0.1) is 17.3 Å². The number of nitrogens with zero attached hydrogens (tertiary/aromatic N) is 1. The van der Waals surface area contributed by atoms with E-state index in [9.17, 15) is 9.59 Å². The van der Waals surface area contributed by atoms with Gasteiger partial charge < -0.3 is 10.0 Å². The molecule has 4 heteroatoms. The molecule has 0 radical (unpaired) electrons. The fraction of sp³-hybridized carbons (Fsp3) is 0.857. The Morgan fingerprint density at radius 2 is 2.00 bits per heavy atom. The minimum Gasteiger partial charge on any atom is -0.481 e. The summed E-state index contributed by atoms with van der Waals surface area (Å²) >= 11 is 0. The Kier molecular flexibility index (Phi) is 4.77. The first-order chi connectivity index (χ1) is 8.21. The number of hydrogen-bond donors (Lipinski definition) is 1. The van der Waals surface area contributed by atoms with Crippen LogP contribution in [-0.2, 0) is 9.59 Å². The molecule has 1 rings (SSSR count). The van der Waals surface area contributed by atoms with Gasteiger partial charge in [0, 0.05) is 24.9 Å². The number of piperidine rings is 1. The lowest BCUT2D eigenvalue weighted by atomic mass is 9.83. The number of rotatable bonds is 3. The quantitative estimate of drug-likeness (QED) is 0.842. The maximum atomic E-state index is 12.2. The summed E-state index contributed by atoms with van der Waals surface area (Å²) in [5, 5.41) is 8.84. The highest BCUT2D eigenvalue weighted by Gasteiger charge is 2.33. The molecule has 0 bridgehead atoms. The minimum atomic E-state index is -0.748. The van der Waals surface area contributed by atoms with Gasteiger partial charge in [0.1, 0.15) is 0 Å². The van der Waals surface area contributed by atoms with Crippen LogP contribution in [-0.4, -0.2) is 35.0 Å². The van der Waals surface area contributed by atoms with Crippen molar-refractivity contribution in [2.45, 2.75) is 47.0 Å². The van der Waals surface area contributed by atoms with Crippen molar-refractivity contribution in [1.29, 1.82) is 0 Å². The van der Waals surface area contributed by atoms with Crippen molar-refractivity contribution < 1.29 is 14.7 Å². The zero-order chi connectivity index (χ0) is 13.9. The maximum Gasteiger partial charge on any atom is 0.303 e. The van der Waals surface area contributed by atoms with E-state index in [1.807, 2.05) is 32.6 Å². The average Bonchev–Trinajstić information content (AvgIpc) is 2.26. The normalized spacial score (nSPS) is 22.7. The van der Waals surface area contributed by atoms with Crippen molar-refractivity contribution in [1.82, 2.24) is 4.90 Å². The predicted molar refractivity (Wildman–Crippen MR) is 70.2 cm³/mol. The minimum absolute atomic E-state index is 0.137. The van der Waals surface area contributed by atoms with Crippen LogP contribution < -0.4 is 0 Å². The number of carbonyl (C=O) groups excluding carboxylic acids is 1. The summed E-state index contributed by atoms with van der Waals surface area (Å²) in [4.78, 5) is 24.9. The van der Waals surface area contributed by atoms with Crippen LogP contribution in [0.5, 0.6) is 0 Å². The van der Waals surface area contributed by atoms with Gasteiger partial charge in [-0.3, -0.25) is 9.59 Å². The summed E-state index contributed by atoms with van der Waals surface area (Å²) in [6, 6.07) is 0. The fourth-order valence-corrected chi connectivity index (χ4v) is 2.58. The molecule has 1 heterocycles. The van der Waals surface area contributed by atoms with Gasteiger partial charge in [-0.2, -0.15) is 0 Å². The van der Waals surface area contributed by atoms with E-state index in [1.165, 1.54) is 0 Å². The van der Waals surface area contributed by atoms with Crippen molar-refractivity contribution in [3.63, 3.8) is 0 Å². The summed E-state index contributed by atoms with van der Waals surface area (Å²) in [5.74, 6) is -0.115. The molecule has 104 valence electrons. The highest BCUT2D eigenvalue weighted by molar-refractivity contribution is 5.81. The first-order valence-electron chi connectivity index (χ1n) is 6.73. The molecule has 0 aliphatic carbocycles. The van der Waals surface area contributed by atoms with Crippen LogP contribution in [0.4, 0.5) is 0 Å². The Labute approximate surface area is 109 Å². The largest absolute Gasteiger partial charge is 0.481 e. The second-order valence-corrected chi connectivity index (χ2v) is 6.48. The van der Waals surface area contributed by atoms with E-state index in [1.54, 1.807) is 0 Å². The van der Waals surface area contributed by atoms with Gasteiger partial charge in [-0.25, -0.2) is 0 Å². The standard InChI is InChI=1S/C14H25NO3/c1-10(8-12(16)17)11-6-5-7-15(9-11)13(18)14(2,3)4/h10-11H,5-9H2,1-4H3,(H,16,17). The number of amides is 1. The van der Waals surface area contributed by atoms with Crippen molar-refractivity contribution >= 4 is 11.9 Å². The summed E-state index contributed by atoms with van der Waals surface area (Å²) in [6.45, 7) is 9.29. The number of carboxylic acids is 1. The maximum absolute atomic E-state index is 12.2. The van der Waals surface area contributed by atoms with Crippen molar-refractivity contribution in [3.8, 4) is 0 Å². The van der Waals surface area contributed by atoms with Gasteiger partial charge in [-0.05, 0) is 24.7 Å². The lowest BCUT2D eigenvalue weighted by Gasteiger charge is -2.38. The second kappa shape index (κ2) is 5.72. The second-order valence-electron chi connectivity index (χ2n) is 6.48. The molecule has 1 amide bonds. The van der Waals surface area contributed by atoms with E-state index in [4.69, 9.17) is 5.11 Å². The zero-order valence-electron chi connectivity index (χ0n) is 11.9. The van der Waals surface area contributed by atoms with E-state index in [0.29, 0.717) is 12.5 Å². The van der Waals surface area contributed by atoms with Crippen LogP contribution in [0.3, 0.4) is 0 Å². The SMILES string of the molecule is CC(CC(=O)O)C1CCCN(C(=O)C(C)(C)C)C1. The lowest BCUT2D eigenvalue weighted by molar-refractivity contribution is -0.142. The van der Waals surface area contributed by atoms with E-state index in [2.05, 4.69) is 0 Å². The van der Waals surface area contributed by atoms with Gasteiger partial charge in [0.05, 0.1) is 0 Å². The molecule has 2 atom stereocenters. The third-order valence-electron chi connectivity index (χ3n) is 3.69. The topological polar surface area (TPSA) is 57.6 Å². The van der Waals surface area contributed by atoms with Crippen molar-refractivity contribution in [2.75, 3.05) is 13.1 Å². The van der Waals surface area contributed by atoms with Crippen LogP contribution in [0.25, 0.3) is 0 Å². The van der Waals surface area contributed by atoms with Gasteiger partial charge in [0.2, 0.25) is 5.91 Å². The molecule has 1 aliphatic rings. The average molecular weight is 255 g/mol. The molecule has 0 aromatic heterocycles. The Balaban J connectivity index is 2.61. The monoisotopic (exact) mass is 255 g/mol. The number of likely N-dealkylation sites (tertiary alicyclic amines) is 1. The highest BCUT2D eigenvalue weighted by atomic mass is 16.4. The number of aliphatic carboxylic acids is 1. The Morgan fingerprint density at radius 3 is 2.50 bits per heavy atom. The molecule has 1 fully saturated rings. The molecule has 0 aromatic carbocycles. The Hall–Kier alpha value is -1.06. The molecule has 1 saturated heterocycles. The molecule has 18 heavy (non-hydrogen) atoms. The van der Waals surface area contributed by atoms with Crippen LogP contribution in [0.15, 0.2) is 0 Å². The molecule has 4 nitrogen and oxygen atoms in total. The van der Waals surface area contributed by atoms with Gasteiger partial charge in [0.15, 0.2) is 0 Å². The van der Waals surface area contributed by atoms with Crippen LogP contribution >= 0.6 is 0 Å². The molecule has 1 N–H and O–H groups in total. The van der Waals surface area contributed by atoms with Gasteiger partial charge >= 0.3 is 5.97 Å². The van der Waals surface area contributed by atoms with E-state index in [0.717, 1.165) is 19.4 Å². The molecule has 2 unspecified atom stereocenters. The van der Waals surface area contributed by atoms with Crippen molar-refractivity contribution in [3.05, 3.63) is 0 Å². The van der Waals surface area contributed by atoms with E-state index >= 15 is 0 Å². The number of hydrogen-bond acceptors (Lipinski definition) is 2. The summed E-state index contributed by atoms with van der Waals surface area (Å²) in [6.07, 6.45) is 2.21. The number of carboxylic acid groups (broad SMARTS) is 1. The Morgan fingerprint density at radius 1 is 1.39 bits per heavy atom. The molecule has 0 spiro atoms. The Bertz CT molecular complexity index is 319. The highest BCUT2D eigenvalue weighted by Crippen LogP contribution is 2.28. The third kappa shape index (κ3) is 4.00. The number of carbonyl (C=O) groups is 2. The van der Waals surface area contributed by atoms with Gasteiger partial charge in [0.25, 0.3) is 0 Å². The van der Waals surface area contributed by atoms with Gasteiger partial charge in [-0.1, -0.05) is 27.7 Å². The third-order valence-corrected chi connectivity index (χ3v) is 3.69.